The van der Waals surface area contributed by atoms with Gasteiger partial charge in [0.05, 0.1) is 7.11 Å². The zero-order valence-corrected chi connectivity index (χ0v) is 12.3. The third-order valence-electron chi connectivity index (χ3n) is 2.97. The topological polar surface area (TPSA) is 26.3 Å². The Hall–Kier alpha value is -1.61. The molecule has 0 saturated heterocycles. The summed E-state index contributed by atoms with van der Waals surface area (Å²) in [4.78, 5) is 12.0. The van der Waals surface area contributed by atoms with E-state index in [-0.39, 0.29) is 5.78 Å². The van der Waals surface area contributed by atoms with Gasteiger partial charge in [-0.3, -0.25) is 4.79 Å². The van der Waals surface area contributed by atoms with Gasteiger partial charge >= 0.3 is 0 Å². The summed E-state index contributed by atoms with van der Waals surface area (Å²) in [5.41, 5.74) is 1.91. The number of methoxy groups -OCH3 is 1. The van der Waals surface area contributed by atoms with Crippen molar-refractivity contribution < 1.29 is 9.53 Å². The normalized spacial score (nSPS) is 10.2. The van der Waals surface area contributed by atoms with Crippen LogP contribution in [0.25, 0.3) is 0 Å². The van der Waals surface area contributed by atoms with E-state index in [1.165, 1.54) is 0 Å². The first-order valence-electron chi connectivity index (χ1n) is 6.11. The molecule has 0 amide bonds. The Morgan fingerprint density at radius 2 is 1.68 bits per heavy atom. The molecule has 0 N–H and O–H groups in total. The number of carbonyl (C=O) groups is 1. The van der Waals surface area contributed by atoms with E-state index in [0.29, 0.717) is 6.42 Å². The van der Waals surface area contributed by atoms with Crippen LogP contribution in [-0.4, -0.2) is 12.9 Å². The van der Waals surface area contributed by atoms with E-state index in [1.807, 2.05) is 48.5 Å². The summed E-state index contributed by atoms with van der Waals surface area (Å²) in [5.74, 6) is 1.01. The highest BCUT2D eigenvalue weighted by Crippen LogP contribution is 2.15. The lowest BCUT2D eigenvalue weighted by atomic mass is 10.0. The molecular formula is C16H15BrO2. The van der Waals surface area contributed by atoms with Crippen LogP contribution in [0.5, 0.6) is 5.75 Å². The summed E-state index contributed by atoms with van der Waals surface area (Å²) in [6.07, 6.45) is 1.27. The second-order valence-electron chi connectivity index (χ2n) is 4.28. The SMILES string of the molecule is COc1ccc(CCC(=O)c2ccc(Br)cc2)cc1. The minimum Gasteiger partial charge on any atom is -0.497 e. The second-order valence-corrected chi connectivity index (χ2v) is 5.19. The highest BCUT2D eigenvalue weighted by atomic mass is 79.9. The number of halogens is 1. The molecule has 2 rings (SSSR count). The molecule has 19 heavy (non-hydrogen) atoms. The van der Waals surface area contributed by atoms with Gasteiger partial charge in [0.2, 0.25) is 0 Å². The molecule has 0 unspecified atom stereocenters. The Morgan fingerprint density at radius 1 is 1.05 bits per heavy atom. The molecule has 0 heterocycles. The first kappa shape index (κ1) is 13.8. The zero-order valence-electron chi connectivity index (χ0n) is 10.7. The van der Waals surface area contributed by atoms with Crippen molar-refractivity contribution in [2.45, 2.75) is 12.8 Å². The van der Waals surface area contributed by atoms with Gasteiger partial charge in [-0.2, -0.15) is 0 Å². The lowest BCUT2D eigenvalue weighted by Crippen LogP contribution is -2.01. The van der Waals surface area contributed by atoms with Gasteiger partial charge < -0.3 is 4.74 Å². The fraction of sp³-hybridized carbons (Fsp3) is 0.188. The third-order valence-corrected chi connectivity index (χ3v) is 3.49. The Kier molecular flexibility index (Phi) is 4.74. The van der Waals surface area contributed by atoms with Crippen molar-refractivity contribution >= 4 is 21.7 Å². The molecule has 3 heteroatoms. The van der Waals surface area contributed by atoms with Crippen molar-refractivity contribution in [2.24, 2.45) is 0 Å². The Bertz CT molecular complexity index is 544. The van der Waals surface area contributed by atoms with Crippen molar-refractivity contribution in [1.29, 1.82) is 0 Å². The quantitative estimate of drug-likeness (QED) is 0.769. The van der Waals surface area contributed by atoms with Crippen LogP contribution in [0.1, 0.15) is 22.3 Å². The minimum absolute atomic E-state index is 0.170. The molecule has 2 nitrogen and oxygen atoms in total. The molecular weight excluding hydrogens is 304 g/mol. The summed E-state index contributed by atoms with van der Waals surface area (Å²) in [6.45, 7) is 0. The summed E-state index contributed by atoms with van der Waals surface area (Å²) in [6, 6.07) is 15.3. The molecule has 98 valence electrons. The lowest BCUT2D eigenvalue weighted by molar-refractivity contribution is 0.0983. The van der Waals surface area contributed by atoms with Crippen LogP contribution in [0, 0.1) is 0 Å². The molecule has 2 aromatic rings. The van der Waals surface area contributed by atoms with Gasteiger partial charge in [0.1, 0.15) is 5.75 Å². The molecule has 0 aromatic heterocycles. The third kappa shape index (κ3) is 3.93. The van der Waals surface area contributed by atoms with Gasteiger partial charge in [0, 0.05) is 16.5 Å². The zero-order chi connectivity index (χ0) is 13.7. The van der Waals surface area contributed by atoms with Gasteiger partial charge in [-0.1, -0.05) is 40.2 Å². The molecule has 0 fully saturated rings. The Balaban J connectivity index is 1.94. The second kappa shape index (κ2) is 6.53. The van der Waals surface area contributed by atoms with Gasteiger partial charge in [0.25, 0.3) is 0 Å². The van der Waals surface area contributed by atoms with Crippen LogP contribution >= 0.6 is 15.9 Å². The maximum atomic E-state index is 12.0. The van der Waals surface area contributed by atoms with Crippen molar-refractivity contribution in [3.05, 3.63) is 64.1 Å². The molecule has 2 aromatic carbocycles. The molecule has 0 aliphatic rings. The number of hydrogen-bond acceptors (Lipinski definition) is 2. The standard InChI is InChI=1S/C16H15BrO2/c1-19-15-9-2-12(3-10-15)4-11-16(18)13-5-7-14(17)8-6-13/h2-3,5-10H,4,11H2,1H3. The maximum Gasteiger partial charge on any atom is 0.163 e. The van der Waals surface area contributed by atoms with E-state index in [0.717, 1.165) is 27.8 Å². The number of aryl methyl sites for hydroxylation is 1. The van der Waals surface area contributed by atoms with Crippen molar-refractivity contribution in [3.8, 4) is 5.75 Å². The molecule has 0 radical (unpaired) electrons. The first-order valence-corrected chi connectivity index (χ1v) is 6.90. The largest absolute Gasteiger partial charge is 0.497 e. The van der Waals surface area contributed by atoms with Crippen molar-refractivity contribution in [2.75, 3.05) is 7.11 Å². The number of carbonyl (C=O) groups excluding carboxylic acids is 1. The number of benzene rings is 2. The Morgan fingerprint density at radius 3 is 2.26 bits per heavy atom. The predicted octanol–water partition coefficient (Wildman–Crippen LogP) is 4.27. The number of ketones is 1. The predicted molar refractivity (Wildman–Crippen MR) is 79.8 cm³/mol. The highest BCUT2D eigenvalue weighted by Gasteiger charge is 2.06. The van der Waals surface area contributed by atoms with Crippen LogP contribution in [0.15, 0.2) is 53.0 Å². The number of hydrogen-bond donors (Lipinski definition) is 0. The summed E-state index contributed by atoms with van der Waals surface area (Å²) < 4.78 is 6.09. The lowest BCUT2D eigenvalue weighted by Gasteiger charge is -2.04. The average molecular weight is 319 g/mol. The first-order chi connectivity index (χ1) is 9.19. The van der Waals surface area contributed by atoms with E-state index in [4.69, 9.17) is 4.74 Å². The molecule has 0 saturated carbocycles. The molecule has 0 atom stereocenters. The van der Waals surface area contributed by atoms with Crippen LogP contribution < -0.4 is 4.74 Å². The number of ether oxygens (including phenoxy) is 1. The maximum absolute atomic E-state index is 12.0. The van der Waals surface area contributed by atoms with E-state index >= 15 is 0 Å². The summed E-state index contributed by atoms with van der Waals surface area (Å²) >= 11 is 3.36. The van der Waals surface area contributed by atoms with Crippen molar-refractivity contribution in [1.82, 2.24) is 0 Å². The van der Waals surface area contributed by atoms with Gasteiger partial charge in [-0.05, 0) is 36.2 Å². The Labute approximate surface area is 121 Å². The van der Waals surface area contributed by atoms with Crippen molar-refractivity contribution in [3.63, 3.8) is 0 Å². The monoisotopic (exact) mass is 318 g/mol. The van der Waals surface area contributed by atoms with Crippen LogP contribution in [0.3, 0.4) is 0 Å². The fourth-order valence-corrected chi connectivity index (χ4v) is 2.09. The summed E-state index contributed by atoms with van der Waals surface area (Å²) in [5, 5.41) is 0. The van der Waals surface area contributed by atoms with E-state index in [1.54, 1.807) is 7.11 Å². The number of rotatable bonds is 5. The van der Waals surface area contributed by atoms with E-state index in [2.05, 4.69) is 15.9 Å². The average Bonchev–Trinajstić information content (AvgIpc) is 2.46. The highest BCUT2D eigenvalue weighted by molar-refractivity contribution is 9.10. The van der Waals surface area contributed by atoms with Gasteiger partial charge in [-0.15, -0.1) is 0 Å². The molecule has 0 bridgehead atoms. The summed E-state index contributed by atoms with van der Waals surface area (Å²) in [7, 11) is 1.64. The smallest absolute Gasteiger partial charge is 0.163 e. The van der Waals surface area contributed by atoms with E-state index < -0.39 is 0 Å². The van der Waals surface area contributed by atoms with Gasteiger partial charge in [0.15, 0.2) is 5.78 Å². The molecule has 0 aliphatic heterocycles. The van der Waals surface area contributed by atoms with Crippen LogP contribution in [0.2, 0.25) is 0 Å². The molecule has 0 aliphatic carbocycles. The van der Waals surface area contributed by atoms with Gasteiger partial charge in [-0.25, -0.2) is 0 Å². The molecule has 0 spiro atoms. The number of Topliss-reactive ketones (excluding diaryl/α,β-unsaturated/α-hetero) is 1. The van der Waals surface area contributed by atoms with E-state index in [9.17, 15) is 4.79 Å². The van der Waals surface area contributed by atoms with Crippen LogP contribution in [0.4, 0.5) is 0 Å². The van der Waals surface area contributed by atoms with Crippen LogP contribution in [-0.2, 0) is 6.42 Å². The fourth-order valence-electron chi connectivity index (χ4n) is 1.83. The minimum atomic E-state index is 0.170.